The second kappa shape index (κ2) is 4.86. The molecule has 12 heavy (non-hydrogen) atoms. The Morgan fingerprint density at radius 2 is 1.67 bits per heavy atom. The first kappa shape index (κ1) is 12.0. The zero-order chi connectivity index (χ0) is 9.78. The van der Waals surface area contributed by atoms with E-state index in [1.165, 1.54) is 12.8 Å². The van der Waals surface area contributed by atoms with Crippen molar-refractivity contribution in [2.45, 2.75) is 66.0 Å². The summed E-state index contributed by atoms with van der Waals surface area (Å²) in [6.45, 7) is 13.6. The molecule has 0 saturated heterocycles. The normalized spacial score (nSPS) is 17.0. The highest BCUT2D eigenvalue weighted by molar-refractivity contribution is 4.86. The van der Waals surface area contributed by atoms with Crippen LogP contribution >= 0.6 is 0 Å². The van der Waals surface area contributed by atoms with Crippen molar-refractivity contribution in [1.29, 1.82) is 0 Å². The second-order valence-corrected chi connectivity index (χ2v) is 4.62. The lowest BCUT2D eigenvalue weighted by Gasteiger charge is -2.37. The van der Waals surface area contributed by atoms with E-state index in [1.807, 2.05) is 0 Å². The standard InChI is InChI=1S/C11H25N/c1-7-8-11(6,9(2)3)12-10(4)5/h9-10,12H,7-8H2,1-6H3. The van der Waals surface area contributed by atoms with Gasteiger partial charge in [0.15, 0.2) is 0 Å². The molecule has 0 heterocycles. The first-order valence-electron chi connectivity index (χ1n) is 5.20. The summed E-state index contributed by atoms with van der Waals surface area (Å²) in [5.41, 5.74) is 0.322. The molecule has 1 N–H and O–H groups in total. The van der Waals surface area contributed by atoms with Crippen molar-refractivity contribution in [2.24, 2.45) is 5.92 Å². The van der Waals surface area contributed by atoms with Gasteiger partial charge in [-0.2, -0.15) is 0 Å². The van der Waals surface area contributed by atoms with Crippen LogP contribution in [0.1, 0.15) is 54.4 Å². The Kier molecular flexibility index (Phi) is 4.84. The van der Waals surface area contributed by atoms with Crippen LogP contribution < -0.4 is 5.32 Å². The summed E-state index contributed by atoms with van der Waals surface area (Å²) >= 11 is 0. The highest BCUT2D eigenvalue weighted by Crippen LogP contribution is 2.22. The lowest BCUT2D eigenvalue weighted by atomic mass is 9.84. The molecule has 0 rings (SSSR count). The van der Waals surface area contributed by atoms with E-state index >= 15 is 0 Å². The van der Waals surface area contributed by atoms with E-state index in [2.05, 4.69) is 46.9 Å². The van der Waals surface area contributed by atoms with Crippen molar-refractivity contribution >= 4 is 0 Å². The maximum absolute atomic E-state index is 3.66. The molecule has 1 nitrogen and oxygen atoms in total. The predicted molar refractivity (Wildman–Crippen MR) is 56.4 cm³/mol. The lowest BCUT2D eigenvalue weighted by Crippen LogP contribution is -2.49. The van der Waals surface area contributed by atoms with Crippen LogP contribution in [0.25, 0.3) is 0 Å². The van der Waals surface area contributed by atoms with Crippen LogP contribution in [0.15, 0.2) is 0 Å². The molecule has 0 aliphatic carbocycles. The monoisotopic (exact) mass is 171 g/mol. The molecule has 0 aromatic carbocycles. The minimum absolute atomic E-state index is 0.322. The number of hydrogen-bond donors (Lipinski definition) is 1. The Labute approximate surface area is 77.9 Å². The summed E-state index contributed by atoms with van der Waals surface area (Å²) in [4.78, 5) is 0. The van der Waals surface area contributed by atoms with E-state index in [0.717, 1.165) is 0 Å². The fraction of sp³-hybridized carbons (Fsp3) is 1.00. The van der Waals surface area contributed by atoms with Crippen LogP contribution in [0.5, 0.6) is 0 Å². The minimum atomic E-state index is 0.322. The smallest absolute Gasteiger partial charge is 0.0178 e. The van der Waals surface area contributed by atoms with Crippen LogP contribution in [0, 0.1) is 5.92 Å². The average Bonchev–Trinajstić information content (AvgIpc) is 1.85. The highest BCUT2D eigenvalue weighted by Gasteiger charge is 2.27. The molecule has 0 spiro atoms. The van der Waals surface area contributed by atoms with Gasteiger partial charge in [0.05, 0.1) is 0 Å². The van der Waals surface area contributed by atoms with E-state index in [1.54, 1.807) is 0 Å². The van der Waals surface area contributed by atoms with Crippen molar-refractivity contribution in [3.05, 3.63) is 0 Å². The van der Waals surface area contributed by atoms with E-state index in [4.69, 9.17) is 0 Å². The molecule has 0 fully saturated rings. The molecule has 0 aliphatic rings. The highest BCUT2D eigenvalue weighted by atomic mass is 15.0. The largest absolute Gasteiger partial charge is 0.309 e. The van der Waals surface area contributed by atoms with Crippen LogP contribution in [-0.2, 0) is 0 Å². The van der Waals surface area contributed by atoms with Gasteiger partial charge in [0.25, 0.3) is 0 Å². The molecule has 0 aliphatic heterocycles. The van der Waals surface area contributed by atoms with Crippen LogP contribution in [0.2, 0.25) is 0 Å². The van der Waals surface area contributed by atoms with Gasteiger partial charge in [-0.1, -0.05) is 41.0 Å². The van der Waals surface area contributed by atoms with E-state index in [-0.39, 0.29) is 0 Å². The van der Waals surface area contributed by atoms with Gasteiger partial charge in [0.2, 0.25) is 0 Å². The van der Waals surface area contributed by atoms with E-state index in [0.29, 0.717) is 17.5 Å². The lowest BCUT2D eigenvalue weighted by molar-refractivity contribution is 0.223. The molecule has 0 bridgehead atoms. The van der Waals surface area contributed by atoms with Crippen LogP contribution in [-0.4, -0.2) is 11.6 Å². The molecule has 74 valence electrons. The molecule has 0 aromatic heterocycles. The molecule has 0 amide bonds. The molecule has 1 atom stereocenters. The summed E-state index contributed by atoms with van der Waals surface area (Å²) in [6, 6.07) is 0.587. The van der Waals surface area contributed by atoms with Crippen molar-refractivity contribution in [3.63, 3.8) is 0 Å². The Hall–Kier alpha value is -0.0400. The van der Waals surface area contributed by atoms with E-state index < -0.39 is 0 Å². The van der Waals surface area contributed by atoms with Crippen LogP contribution in [0.3, 0.4) is 0 Å². The van der Waals surface area contributed by atoms with Gasteiger partial charge in [-0.3, -0.25) is 0 Å². The van der Waals surface area contributed by atoms with Crippen molar-refractivity contribution < 1.29 is 0 Å². The predicted octanol–water partition coefficient (Wildman–Crippen LogP) is 3.20. The zero-order valence-corrected chi connectivity index (χ0v) is 9.57. The van der Waals surface area contributed by atoms with Crippen molar-refractivity contribution in [1.82, 2.24) is 5.32 Å². The maximum atomic E-state index is 3.66. The van der Waals surface area contributed by atoms with Gasteiger partial charge >= 0.3 is 0 Å². The molecule has 0 saturated carbocycles. The zero-order valence-electron chi connectivity index (χ0n) is 9.57. The average molecular weight is 171 g/mol. The summed E-state index contributed by atoms with van der Waals surface area (Å²) in [5.74, 6) is 0.708. The summed E-state index contributed by atoms with van der Waals surface area (Å²) in [6.07, 6.45) is 2.53. The third-order valence-electron chi connectivity index (χ3n) is 2.66. The Morgan fingerprint density at radius 3 is 1.92 bits per heavy atom. The molecule has 1 heteroatoms. The third kappa shape index (κ3) is 3.57. The molecule has 0 radical (unpaired) electrons. The van der Waals surface area contributed by atoms with Gasteiger partial charge in [-0.05, 0) is 19.3 Å². The number of nitrogens with one attached hydrogen (secondary N) is 1. The van der Waals surface area contributed by atoms with E-state index in [9.17, 15) is 0 Å². The fourth-order valence-corrected chi connectivity index (χ4v) is 1.71. The van der Waals surface area contributed by atoms with Gasteiger partial charge in [0, 0.05) is 11.6 Å². The fourth-order valence-electron chi connectivity index (χ4n) is 1.71. The van der Waals surface area contributed by atoms with Crippen molar-refractivity contribution in [2.75, 3.05) is 0 Å². The topological polar surface area (TPSA) is 12.0 Å². The van der Waals surface area contributed by atoms with Crippen LogP contribution in [0.4, 0.5) is 0 Å². The molecular weight excluding hydrogens is 146 g/mol. The minimum Gasteiger partial charge on any atom is -0.309 e. The second-order valence-electron chi connectivity index (χ2n) is 4.62. The van der Waals surface area contributed by atoms with Crippen molar-refractivity contribution in [3.8, 4) is 0 Å². The summed E-state index contributed by atoms with van der Waals surface area (Å²) in [7, 11) is 0. The Morgan fingerprint density at radius 1 is 1.17 bits per heavy atom. The third-order valence-corrected chi connectivity index (χ3v) is 2.66. The van der Waals surface area contributed by atoms with Gasteiger partial charge in [-0.15, -0.1) is 0 Å². The molecule has 0 aromatic rings. The Balaban J connectivity index is 4.18. The molecular formula is C11H25N. The molecule has 1 unspecified atom stereocenters. The quantitative estimate of drug-likeness (QED) is 0.670. The SMILES string of the molecule is CCCC(C)(NC(C)C)C(C)C. The summed E-state index contributed by atoms with van der Waals surface area (Å²) < 4.78 is 0. The Bertz CT molecular complexity index is 118. The number of hydrogen-bond acceptors (Lipinski definition) is 1. The van der Waals surface area contributed by atoms with Gasteiger partial charge in [0.1, 0.15) is 0 Å². The van der Waals surface area contributed by atoms with Gasteiger partial charge < -0.3 is 5.32 Å². The number of rotatable bonds is 5. The van der Waals surface area contributed by atoms with Gasteiger partial charge in [-0.25, -0.2) is 0 Å². The summed E-state index contributed by atoms with van der Waals surface area (Å²) in [5, 5.41) is 3.66. The first-order valence-corrected chi connectivity index (χ1v) is 5.20. The maximum Gasteiger partial charge on any atom is 0.0178 e. The first-order chi connectivity index (χ1) is 5.42.